The number of carbonyl (C=O) groups excluding carboxylic acids is 1. The SMILES string of the molecule is Cc1cc(C(=O)NC[C@@H]2CCCO2)on1. The van der Waals surface area contributed by atoms with Crippen LogP contribution in [0.15, 0.2) is 10.6 Å². The second kappa shape index (κ2) is 4.44. The molecule has 1 aliphatic rings. The van der Waals surface area contributed by atoms with Gasteiger partial charge in [0.2, 0.25) is 5.76 Å². The maximum absolute atomic E-state index is 11.5. The summed E-state index contributed by atoms with van der Waals surface area (Å²) in [6, 6.07) is 1.62. The molecule has 0 bridgehead atoms. The average molecular weight is 210 g/mol. The summed E-state index contributed by atoms with van der Waals surface area (Å²) in [5.41, 5.74) is 0.706. The smallest absolute Gasteiger partial charge is 0.289 e. The van der Waals surface area contributed by atoms with Crippen molar-refractivity contribution in [1.29, 1.82) is 0 Å². The highest BCUT2D eigenvalue weighted by atomic mass is 16.5. The molecule has 0 aliphatic carbocycles. The molecule has 2 rings (SSSR count). The lowest BCUT2D eigenvalue weighted by Gasteiger charge is -2.08. The Bertz CT molecular complexity index is 342. The van der Waals surface area contributed by atoms with Gasteiger partial charge in [0.1, 0.15) is 0 Å². The van der Waals surface area contributed by atoms with Crippen LogP contribution in [0.4, 0.5) is 0 Å². The Labute approximate surface area is 87.8 Å². The Morgan fingerprint density at radius 1 is 1.73 bits per heavy atom. The first-order valence-electron chi connectivity index (χ1n) is 5.09. The van der Waals surface area contributed by atoms with Gasteiger partial charge in [0, 0.05) is 19.2 Å². The molecule has 15 heavy (non-hydrogen) atoms. The molecule has 2 heterocycles. The van der Waals surface area contributed by atoms with Crippen LogP contribution in [0.5, 0.6) is 0 Å². The summed E-state index contributed by atoms with van der Waals surface area (Å²) in [6.45, 7) is 3.11. The van der Waals surface area contributed by atoms with Gasteiger partial charge >= 0.3 is 0 Å². The number of hydrogen-bond acceptors (Lipinski definition) is 4. The van der Waals surface area contributed by atoms with Gasteiger partial charge in [0.05, 0.1) is 11.8 Å². The van der Waals surface area contributed by atoms with E-state index in [1.54, 1.807) is 13.0 Å². The monoisotopic (exact) mass is 210 g/mol. The minimum atomic E-state index is -0.230. The zero-order valence-corrected chi connectivity index (χ0v) is 8.66. The first kappa shape index (κ1) is 10.2. The summed E-state index contributed by atoms with van der Waals surface area (Å²) in [7, 11) is 0. The van der Waals surface area contributed by atoms with Gasteiger partial charge in [0.15, 0.2) is 0 Å². The van der Waals surface area contributed by atoms with Gasteiger partial charge in [-0.25, -0.2) is 0 Å². The fourth-order valence-corrected chi connectivity index (χ4v) is 1.57. The largest absolute Gasteiger partial charge is 0.376 e. The molecule has 0 spiro atoms. The van der Waals surface area contributed by atoms with Crippen LogP contribution in [0.25, 0.3) is 0 Å². The van der Waals surface area contributed by atoms with Gasteiger partial charge in [-0.1, -0.05) is 5.16 Å². The molecule has 5 heteroatoms. The number of nitrogens with zero attached hydrogens (tertiary/aromatic N) is 1. The molecule has 0 aromatic carbocycles. The van der Waals surface area contributed by atoms with E-state index < -0.39 is 0 Å². The summed E-state index contributed by atoms with van der Waals surface area (Å²) in [5.74, 6) is 0.0246. The fourth-order valence-electron chi connectivity index (χ4n) is 1.57. The normalized spacial score (nSPS) is 20.5. The van der Waals surface area contributed by atoms with E-state index >= 15 is 0 Å². The van der Waals surface area contributed by atoms with Gasteiger partial charge in [-0.3, -0.25) is 4.79 Å². The molecule has 1 amide bonds. The third kappa shape index (κ3) is 2.56. The van der Waals surface area contributed by atoms with E-state index in [2.05, 4.69) is 10.5 Å². The van der Waals surface area contributed by atoms with Crippen molar-refractivity contribution in [3.8, 4) is 0 Å². The highest BCUT2D eigenvalue weighted by Crippen LogP contribution is 2.11. The molecule has 1 aromatic heterocycles. The first-order valence-corrected chi connectivity index (χ1v) is 5.09. The maximum Gasteiger partial charge on any atom is 0.289 e. The molecule has 0 unspecified atom stereocenters. The van der Waals surface area contributed by atoms with E-state index in [1.165, 1.54) is 0 Å². The Kier molecular flexibility index (Phi) is 3.01. The molecule has 1 atom stereocenters. The van der Waals surface area contributed by atoms with E-state index in [9.17, 15) is 4.79 Å². The molecule has 1 aromatic rings. The number of nitrogens with one attached hydrogen (secondary N) is 1. The van der Waals surface area contributed by atoms with E-state index in [1.807, 2.05) is 0 Å². The van der Waals surface area contributed by atoms with E-state index in [0.29, 0.717) is 12.2 Å². The van der Waals surface area contributed by atoms with Crippen LogP contribution in [0.2, 0.25) is 0 Å². The summed E-state index contributed by atoms with van der Waals surface area (Å²) in [6.07, 6.45) is 2.23. The van der Waals surface area contributed by atoms with E-state index in [-0.39, 0.29) is 17.8 Å². The molecular weight excluding hydrogens is 196 g/mol. The van der Waals surface area contributed by atoms with Gasteiger partial charge in [-0.2, -0.15) is 0 Å². The lowest BCUT2D eigenvalue weighted by atomic mass is 10.2. The van der Waals surface area contributed by atoms with Gasteiger partial charge in [-0.05, 0) is 19.8 Å². The number of amides is 1. The van der Waals surface area contributed by atoms with Crippen molar-refractivity contribution in [2.75, 3.05) is 13.2 Å². The highest BCUT2D eigenvalue weighted by molar-refractivity contribution is 5.91. The zero-order valence-electron chi connectivity index (χ0n) is 8.66. The number of hydrogen-bond donors (Lipinski definition) is 1. The summed E-state index contributed by atoms with van der Waals surface area (Å²) in [4.78, 5) is 11.5. The minimum absolute atomic E-state index is 0.151. The Morgan fingerprint density at radius 3 is 3.20 bits per heavy atom. The number of rotatable bonds is 3. The molecule has 0 saturated carbocycles. The second-order valence-electron chi connectivity index (χ2n) is 3.68. The van der Waals surface area contributed by atoms with Gasteiger partial charge in [0.25, 0.3) is 5.91 Å². The Morgan fingerprint density at radius 2 is 2.60 bits per heavy atom. The van der Waals surface area contributed by atoms with Crippen molar-refractivity contribution in [1.82, 2.24) is 10.5 Å². The van der Waals surface area contributed by atoms with Crippen molar-refractivity contribution in [3.63, 3.8) is 0 Å². The Balaban J connectivity index is 1.81. The van der Waals surface area contributed by atoms with Crippen LogP contribution in [-0.2, 0) is 4.74 Å². The van der Waals surface area contributed by atoms with Crippen molar-refractivity contribution in [2.24, 2.45) is 0 Å². The average Bonchev–Trinajstić information content (AvgIpc) is 2.84. The highest BCUT2D eigenvalue weighted by Gasteiger charge is 2.18. The number of aryl methyl sites for hydroxylation is 1. The molecule has 0 radical (unpaired) electrons. The number of ether oxygens (including phenoxy) is 1. The van der Waals surface area contributed by atoms with E-state index in [4.69, 9.17) is 9.26 Å². The van der Waals surface area contributed by atoms with E-state index in [0.717, 1.165) is 19.4 Å². The molecule has 82 valence electrons. The first-order chi connectivity index (χ1) is 7.25. The standard InChI is InChI=1S/C10H14N2O3/c1-7-5-9(15-12-7)10(13)11-6-8-3-2-4-14-8/h5,8H,2-4,6H2,1H3,(H,11,13)/t8-/m0/s1. The summed E-state index contributed by atoms with van der Waals surface area (Å²) in [5, 5.41) is 6.41. The van der Waals surface area contributed by atoms with Crippen molar-refractivity contribution in [3.05, 3.63) is 17.5 Å². The molecular formula is C10H14N2O3. The van der Waals surface area contributed by atoms with Crippen LogP contribution in [-0.4, -0.2) is 30.3 Å². The van der Waals surface area contributed by atoms with Crippen LogP contribution >= 0.6 is 0 Å². The topological polar surface area (TPSA) is 64.4 Å². The summed E-state index contributed by atoms with van der Waals surface area (Å²) < 4.78 is 10.2. The van der Waals surface area contributed by atoms with Crippen molar-refractivity contribution in [2.45, 2.75) is 25.9 Å². The van der Waals surface area contributed by atoms with Crippen LogP contribution in [0.3, 0.4) is 0 Å². The van der Waals surface area contributed by atoms with Crippen LogP contribution in [0.1, 0.15) is 29.1 Å². The lowest BCUT2D eigenvalue weighted by Crippen LogP contribution is -2.31. The predicted octanol–water partition coefficient (Wildman–Crippen LogP) is 0.892. The molecule has 1 fully saturated rings. The molecule has 1 aliphatic heterocycles. The quantitative estimate of drug-likeness (QED) is 0.804. The Hall–Kier alpha value is -1.36. The lowest BCUT2D eigenvalue weighted by molar-refractivity contribution is 0.0827. The molecule has 5 nitrogen and oxygen atoms in total. The second-order valence-corrected chi connectivity index (χ2v) is 3.68. The summed E-state index contributed by atoms with van der Waals surface area (Å²) >= 11 is 0. The van der Waals surface area contributed by atoms with Crippen molar-refractivity contribution >= 4 is 5.91 Å². The third-order valence-corrected chi connectivity index (χ3v) is 2.37. The molecule has 1 saturated heterocycles. The van der Waals surface area contributed by atoms with Gasteiger partial charge in [-0.15, -0.1) is 0 Å². The number of aromatic nitrogens is 1. The predicted molar refractivity (Wildman–Crippen MR) is 52.5 cm³/mol. The number of carbonyl (C=O) groups is 1. The fraction of sp³-hybridized carbons (Fsp3) is 0.600. The van der Waals surface area contributed by atoms with Crippen molar-refractivity contribution < 1.29 is 14.1 Å². The third-order valence-electron chi connectivity index (χ3n) is 2.37. The van der Waals surface area contributed by atoms with Crippen LogP contribution in [0, 0.1) is 6.92 Å². The molecule has 1 N–H and O–H groups in total. The zero-order chi connectivity index (χ0) is 10.7. The maximum atomic E-state index is 11.5. The minimum Gasteiger partial charge on any atom is -0.376 e. The van der Waals surface area contributed by atoms with Gasteiger partial charge < -0.3 is 14.6 Å². The van der Waals surface area contributed by atoms with Crippen LogP contribution < -0.4 is 5.32 Å².